The average molecular weight is 481 g/mol. The number of hydrogen-bond donors (Lipinski definition) is 3. The van der Waals surface area contributed by atoms with E-state index in [1.807, 2.05) is 6.07 Å². The first-order valence-electron chi connectivity index (χ1n) is 9.78. The third-order valence-corrected chi connectivity index (χ3v) is 4.82. The van der Waals surface area contributed by atoms with E-state index in [0.29, 0.717) is 29.2 Å². The van der Waals surface area contributed by atoms with Crippen LogP contribution in [0.3, 0.4) is 0 Å². The van der Waals surface area contributed by atoms with Gasteiger partial charge in [-0.2, -0.15) is 18.3 Å². The Balaban J connectivity index is 0.000000406. The fourth-order valence-electron chi connectivity index (χ4n) is 3.18. The van der Waals surface area contributed by atoms with Gasteiger partial charge in [0, 0.05) is 29.1 Å². The van der Waals surface area contributed by atoms with Crippen LogP contribution in [-0.2, 0) is 16.0 Å². The summed E-state index contributed by atoms with van der Waals surface area (Å²) in [4.78, 5) is 21.5. The van der Waals surface area contributed by atoms with Crippen LogP contribution in [0.4, 0.5) is 23.2 Å². The molecule has 3 aromatic rings. The topological polar surface area (TPSA) is 114 Å². The molecule has 8 nitrogen and oxygen atoms in total. The van der Waals surface area contributed by atoms with Crippen LogP contribution in [-0.4, -0.2) is 47.1 Å². The van der Waals surface area contributed by atoms with E-state index in [0.717, 1.165) is 11.1 Å². The van der Waals surface area contributed by atoms with Gasteiger partial charge in [0.1, 0.15) is 23.9 Å². The van der Waals surface area contributed by atoms with Crippen molar-refractivity contribution >= 4 is 17.6 Å². The van der Waals surface area contributed by atoms with Crippen molar-refractivity contribution in [3.63, 3.8) is 0 Å². The van der Waals surface area contributed by atoms with Crippen LogP contribution >= 0.6 is 0 Å². The maximum Gasteiger partial charge on any atom is 0.490 e. The molecule has 0 saturated heterocycles. The van der Waals surface area contributed by atoms with E-state index in [2.05, 4.69) is 15.5 Å². The number of methoxy groups -OCH3 is 1. The molecule has 1 amide bonds. The van der Waals surface area contributed by atoms with Crippen LogP contribution in [0, 0.1) is 11.7 Å². The van der Waals surface area contributed by atoms with Crippen molar-refractivity contribution < 1.29 is 41.7 Å². The third kappa shape index (κ3) is 6.03. The van der Waals surface area contributed by atoms with Crippen LogP contribution in [0.25, 0.3) is 11.1 Å². The second-order valence-electron chi connectivity index (χ2n) is 7.16. The zero-order valence-corrected chi connectivity index (χ0v) is 17.6. The highest BCUT2D eigenvalue weighted by Crippen LogP contribution is 2.33. The van der Waals surface area contributed by atoms with Crippen molar-refractivity contribution in [3.05, 3.63) is 60.2 Å². The van der Waals surface area contributed by atoms with Gasteiger partial charge in [0.25, 0.3) is 0 Å². The minimum atomic E-state index is -5.08. The van der Waals surface area contributed by atoms with Crippen LogP contribution in [0.1, 0.15) is 5.56 Å². The highest BCUT2D eigenvalue weighted by atomic mass is 19.4. The number of carbonyl (C=O) groups is 2. The number of carboxylic acid groups (broad SMARTS) is 1. The van der Waals surface area contributed by atoms with Gasteiger partial charge in [-0.05, 0) is 42.3 Å². The summed E-state index contributed by atoms with van der Waals surface area (Å²) in [7, 11) is 1.57. The summed E-state index contributed by atoms with van der Waals surface area (Å²) < 4.78 is 56.2. The lowest BCUT2D eigenvalue weighted by atomic mass is 9.95. The number of aromatic amines is 1. The average Bonchev–Trinajstić information content (AvgIpc) is 3.33. The molecule has 0 aliphatic carbocycles. The summed E-state index contributed by atoms with van der Waals surface area (Å²) in [5, 5.41) is 16.7. The number of anilines is 1. The van der Waals surface area contributed by atoms with Crippen molar-refractivity contribution in [2.24, 2.45) is 5.92 Å². The lowest BCUT2D eigenvalue weighted by Crippen LogP contribution is -2.32. The maximum atomic E-state index is 13.4. The number of halogens is 4. The standard InChI is InChI=1S/C20H18FN3O3.C2HF3O2/c1-26-19-8-16(3-4-17(19)14-9-22-23-10-14)24-20(25)13-6-12-7-15(21)2-5-18(12)27-11-13;3-2(4,5)1(6)7/h2-5,7-10,13H,6,11H2,1H3,(H,22,23)(H,24,25);(H,6,7). The van der Waals surface area contributed by atoms with Gasteiger partial charge in [-0.1, -0.05) is 0 Å². The number of rotatable bonds is 4. The Kier molecular flexibility index (Phi) is 7.39. The minimum absolute atomic E-state index is 0.178. The smallest absolute Gasteiger partial charge is 0.490 e. The first-order chi connectivity index (χ1) is 16.1. The molecule has 2 aromatic carbocycles. The molecule has 0 spiro atoms. The summed E-state index contributed by atoms with van der Waals surface area (Å²) in [6.07, 6.45) is -1.18. The first kappa shape index (κ1) is 24.6. The van der Waals surface area contributed by atoms with Crippen molar-refractivity contribution in [2.75, 3.05) is 19.0 Å². The number of hydrogen-bond acceptors (Lipinski definition) is 5. The molecule has 4 rings (SSSR count). The Bertz CT molecular complexity index is 1170. The van der Waals surface area contributed by atoms with E-state index in [-0.39, 0.29) is 24.2 Å². The fraction of sp³-hybridized carbons (Fsp3) is 0.227. The molecule has 1 aliphatic rings. The number of nitrogens with one attached hydrogen (secondary N) is 2. The minimum Gasteiger partial charge on any atom is -0.496 e. The summed E-state index contributed by atoms with van der Waals surface area (Å²) in [5.74, 6) is -2.40. The number of H-pyrrole nitrogens is 1. The number of nitrogens with zero attached hydrogens (tertiary/aromatic N) is 1. The second kappa shape index (κ2) is 10.2. The molecule has 0 fully saturated rings. The Morgan fingerprint density at radius 2 is 1.97 bits per heavy atom. The molecule has 0 bridgehead atoms. The van der Waals surface area contributed by atoms with Crippen molar-refractivity contribution in [3.8, 4) is 22.6 Å². The van der Waals surface area contributed by atoms with Gasteiger partial charge in [-0.25, -0.2) is 9.18 Å². The second-order valence-corrected chi connectivity index (χ2v) is 7.16. The van der Waals surface area contributed by atoms with E-state index in [9.17, 15) is 22.4 Å². The van der Waals surface area contributed by atoms with E-state index in [1.54, 1.807) is 37.7 Å². The largest absolute Gasteiger partial charge is 0.496 e. The van der Waals surface area contributed by atoms with Crippen molar-refractivity contribution in [1.29, 1.82) is 0 Å². The molecule has 34 heavy (non-hydrogen) atoms. The summed E-state index contributed by atoms with van der Waals surface area (Å²) >= 11 is 0. The summed E-state index contributed by atoms with van der Waals surface area (Å²) in [6.45, 7) is 0.259. The number of carboxylic acids is 1. The molecular weight excluding hydrogens is 462 g/mol. The van der Waals surface area contributed by atoms with Crippen LogP contribution in [0.5, 0.6) is 11.5 Å². The third-order valence-electron chi connectivity index (χ3n) is 4.82. The van der Waals surface area contributed by atoms with Gasteiger partial charge in [0.15, 0.2) is 0 Å². The zero-order chi connectivity index (χ0) is 24.9. The molecule has 3 N–H and O–H groups in total. The maximum absolute atomic E-state index is 13.4. The lowest BCUT2D eigenvalue weighted by Gasteiger charge is -2.24. The molecular formula is C22H19F4N3O5. The number of benzene rings is 2. The number of aliphatic carboxylic acids is 1. The molecule has 1 unspecified atom stereocenters. The Morgan fingerprint density at radius 3 is 2.59 bits per heavy atom. The number of ether oxygens (including phenoxy) is 2. The normalized spacial score (nSPS) is 14.7. The van der Waals surface area contributed by atoms with Crippen LogP contribution in [0.2, 0.25) is 0 Å². The zero-order valence-electron chi connectivity index (χ0n) is 17.6. The Labute approximate surface area is 190 Å². The fourth-order valence-corrected chi connectivity index (χ4v) is 3.18. The number of aromatic nitrogens is 2. The number of alkyl halides is 3. The van der Waals surface area contributed by atoms with E-state index >= 15 is 0 Å². The molecule has 1 aromatic heterocycles. The van der Waals surface area contributed by atoms with Gasteiger partial charge in [-0.3, -0.25) is 9.89 Å². The lowest BCUT2D eigenvalue weighted by molar-refractivity contribution is -0.192. The van der Waals surface area contributed by atoms with Crippen LogP contribution in [0.15, 0.2) is 48.8 Å². The van der Waals surface area contributed by atoms with Crippen molar-refractivity contribution in [1.82, 2.24) is 10.2 Å². The van der Waals surface area contributed by atoms with Gasteiger partial charge >= 0.3 is 12.1 Å². The monoisotopic (exact) mass is 481 g/mol. The van der Waals surface area contributed by atoms with Crippen LogP contribution < -0.4 is 14.8 Å². The number of carbonyl (C=O) groups excluding carboxylic acids is 1. The van der Waals surface area contributed by atoms with Gasteiger partial charge in [0.05, 0.1) is 19.2 Å². The molecule has 0 saturated carbocycles. The number of fused-ring (bicyclic) bond motifs is 1. The van der Waals surface area contributed by atoms with Gasteiger partial charge in [0.2, 0.25) is 5.91 Å². The quantitative estimate of drug-likeness (QED) is 0.485. The molecule has 1 aliphatic heterocycles. The van der Waals surface area contributed by atoms with Gasteiger partial charge < -0.3 is 19.9 Å². The molecule has 12 heteroatoms. The van der Waals surface area contributed by atoms with Crippen molar-refractivity contribution in [2.45, 2.75) is 12.6 Å². The molecule has 0 radical (unpaired) electrons. The highest BCUT2D eigenvalue weighted by molar-refractivity contribution is 5.93. The predicted molar refractivity (Wildman–Crippen MR) is 112 cm³/mol. The van der Waals surface area contributed by atoms with E-state index in [4.69, 9.17) is 19.4 Å². The SMILES string of the molecule is COc1cc(NC(=O)C2COc3ccc(F)cc3C2)ccc1-c1cn[nH]c1.O=C(O)C(F)(F)F. The highest BCUT2D eigenvalue weighted by Gasteiger charge is 2.38. The molecule has 1 atom stereocenters. The van der Waals surface area contributed by atoms with E-state index in [1.165, 1.54) is 12.1 Å². The molecule has 2 heterocycles. The van der Waals surface area contributed by atoms with E-state index < -0.39 is 12.1 Å². The Morgan fingerprint density at radius 1 is 1.24 bits per heavy atom. The van der Waals surface area contributed by atoms with Gasteiger partial charge in [-0.15, -0.1) is 0 Å². The number of amides is 1. The molecule has 180 valence electrons. The summed E-state index contributed by atoms with van der Waals surface area (Å²) in [5.41, 5.74) is 3.09. The summed E-state index contributed by atoms with van der Waals surface area (Å²) in [6, 6.07) is 9.79. The predicted octanol–water partition coefficient (Wildman–Crippen LogP) is 4.05. The first-order valence-corrected chi connectivity index (χ1v) is 9.78. The Hall–Kier alpha value is -4.09.